The van der Waals surface area contributed by atoms with Crippen molar-refractivity contribution >= 4 is 0 Å². The van der Waals surface area contributed by atoms with Crippen LogP contribution in [-0.2, 0) is 0 Å². The monoisotopic (exact) mass is 305 g/mol. The van der Waals surface area contributed by atoms with Gasteiger partial charge in [0.1, 0.15) is 11.6 Å². The van der Waals surface area contributed by atoms with Gasteiger partial charge in [-0.05, 0) is 60.3 Å². The van der Waals surface area contributed by atoms with Gasteiger partial charge in [0, 0.05) is 11.3 Å². The van der Waals surface area contributed by atoms with Crippen molar-refractivity contribution < 1.29 is 8.78 Å². The lowest BCUT2D eigenvalue weighted by Crippen LogP contribution is -2.31. The fourth-order valence-electron chi connectivity index (χ4n) is 3.83. The second-order valence-corrected chi connectivity index (χ2v) is 7.89. The third kappa shape index (κ3) is 2.90. The van der Waals surface area contributed by atoms with Gasteiger partial charge in [-0.2, -0.15) is 0 Å². The van der Waals surface area contributed by atoms with Gasteiger partial charge in [0.25, 0.3) is 0 Å². The van der Waals surface area contributed by atoms with Gasteiger partial charge in [-0.3, -0.25) is 0 Å². The molecule has 1 fully saturated rings. The molecule has 0 radical (unpaired) electrons. The Morgan fingerprint density at radius 2 is 1.95 bits per heavy atom. The van der Waals surface area contributed by atoms with Crippen LogP contribution < -0.4 is 5.32 Å². The van der Waals surface area contributed by atoms with Crippen LogP contribution in [0.2, 0.25) is 0 Å². The van der Waals surface area contributed by atoms with Crippen molar-refractivity contribution in [2.45, 2.75) is 53.0 Å². The highest BCUT2D eigenvalue weighted by molar-refractivity contribution is 5.35. The molecule has 0 saturated heterocycles. The summed E-state index contributed by atoms with van der Waals surface area (Å²) in [6.07, 6.45) is 3.08. The Balaban J connectivity index is 1.94. The van der Waals surface area contributed by atoms with Crippen LogP contribution in [0.5, 0.6) is 0 Å². The number of benzene rings is 1. The molecule has 1 aromatic carbocycles. The maximum Gasteiger partial charge on any atom is 0.128 e. The lowest BCUT2D eigenvalue weighted by molar-refractivity contribution is 0.363. The molecule has 1 saturated carbocycles. The normalized spacial score (nSPS) is 27.5. The van der Waals surface area contributed by atoms with Crippen molar-refractivity contribution in [2.24, 2.45) is 17.3 Å². The fourth-order valence-corrected chi connectivity index (χ4v) is 3.83. The number of nitrogens with one attached hydrogen (secondary N) is 1. The van der Waals surface area contributed by atoms with Gasteiger partial charge in [-0.25, -0.2) is 8.78 Å². The van der Waals surface area contributed by atoms with Crippen molar-refractivity contribution in [3.8, 4) is 0 Å². The van der Waals surface area contributed by atoms with Gasteiger partial charge in [0.05, 0.1) is 6.04 Å². The zero-order chi connectivity index (χ0) is 16.1. The van der Waals surface area contributed by atoms with E-state index in [4.69, 9.17) is 0 Å². The van der Waals surface area contributed by atoms with Crippen LogP contribution in [0.1, 0.15) is 58.6 Å². The molecule has 3 heteroatoms. The Kier molecular flexibility index (Phi) is 3.78. The maximum atomic E-state index is 14.2. The SMILES string of the molecule is CCC1=C(CC(C)(C)C)NC(c2cc(F)ccc2F)C2C[C@@H]12. The second-order valence-electron chi connectivity index (χ2n) is 7.89. The summed E-state index contributed by atoms with van der Waals surface area (Å²) in [4.78, 5) is 0. The van der Waals surface area contributed by atoms with Crippen molar-refractivity contribution in [1.82, 2.24) is 5.32 Å². The Bertz CT molecular complexity index is 612. The van der Waals surface area contributed by atoms with Crippen molar-refractivity contribution in [3.05, 3.63) is 46.7 Å². The van der Waals surface area contributed by atoms with Crippen LogP contribution in [0.4, 0.5) is 8.78 Å². The number of halogens is 2. The molecule has 1 N–H and O–H groups in total. The number of hydrogen-bond donors (Lipinski definition) is 1. The summed E-state index contributed by atoms with van der Waals surface area (Å²) in [5.41, 5.74) is 3.40. The van der Waals surface area contributed by atoms with Gasteiger partial charge >= 0.3 is 0 Å². The maximum absolute atomic E-state index is 14.2. The lowest BCUT2D eigenvalue weighted by atomic mass is 9.84. The van der Waals surface area contributed by atoms with Gasteiger partial charge in [0.2, 0.25) is 0 Å². The Labute approximate surface area is 131 Å². The van der Waals surface area contributed by atoms with Gasteiger partial charge in [0.15, 0.2) is 0 Å². The van der Waals surface area contributed by atoms with E-state index in [1.165, 1.54) is 29.5 Å². The quantitative estimate of drug-likeness (QED) is 0.794. The Hall–Kier alpha value is -1.38. The number of allylic oxidation sites excluding steroid dienone is 2. The number of fused-ring (bicyclic) bond motifs is 1. The van der Waals surface area contributed by atoms with Crippen molar-refractivity contribution in [2.75, 3.05) is 0 Å². The molecule has 0 aromatic heterocycles. The summed E-state index contributed by atoms with van der Waals surface area (Å²) >= 11 is 0. The van der Waals surface area contributed by atoms with Gasteiger partial charge in [-0.1, -0.05) is 27.7 Å². The molecule has 1 nitrogen and oxygen atoms in total. The molecule has 120 valence electrons. The topological polar surface area (TPSA) is 12.0 Å². The molecule has 3 rings (SSSR count). The third-order valence-electron chi connectivity index (χ3n) is 4.81. The molecule has 1 aromatic rings. The first-order valence-electron chi connectivity index (χ1n) is 8.23. The first kappa shape index (κ1) is 15.5. The van der Waals surface area contributed by atoms with Crippen LogP contribution in [0, 0.1) is 28.9 Å². The smallest absolute Gasteiger partial charge is 0.128 e. The van der Waals surface area contributed by atoms with E-state index in [9.17, 15) is 8.78 Å². The first-order chi connectivity index (χ1) is 10.3. The van der Waals surface area contributed by atoms with E-state index in [1.807, 2.05) is 0 Å². The fraction of sp³-hybridized carbons (Fsp3) is 0.579. The summed E-state index contributed by atoms with van der Waals surface area (Å²) < 4.78 is 27.7. The summed E-state index contributed by atoms with van der Waals surface area (Å²) in [7, 11) is 0. The predicted octanol–water partition coefficient (Wildman–Crippen LogP) is 5.35. The van der Waals surface area contributed by atoms with Crippen LogP contribution >= 0.6 is 0 Å². The van der Waals surface area contributed by atoms with Crippen LogP contribution in [-0.4, -0.2) is 0 Å². The van der Waals surface area contributed by atoms with Crippen molar-refractivity contribution in [1.29, 1.82) is 0 Å². The highest BCUT2D eigenvalue weighted by Gasteiger charge is 2.50. The minimum absolute atomic E-state index is 0.0895. The average molecular weight is 305 g/mol. The van der Waals surface area contributed by atoms with E-state index < -0.39 is 0 Å². The van der Waals surface area contributed by atoms with E-state index >= 15 is 0 Å². The van der Waals surface area contributed by atoms with E-state index in [1.54, 1.807) is 0 Å². The van der Waals surface area contributed by atoms with Gasteiger partial charge < -0.3 is 5.32 Å². The number of rotatable bonds is 3. The van der Waals surface area contributed by atoms with E-state index in [2.05, 4.69) is 33.0 Å². The standard InChI is InChI=1S/C19H25F2N/c1-5-12-13-9-14(13)18(22-17(12)10-19(2,3)4)15-8-11(20)6-7-16(15)21/h6-8,13-14,18,22H,5,9-10H2,1-4H3/t13-,14?,18?/m0/s1. The molecule has 1 heterocycles. The van der Waals surface area contributed by atoms with Crippen molar-refractivity contribution in [3.63, 3.8) is 0 Å². The zero-order valence-electron chi connectivity index (χ0n) is 13.8. The van der Waals surface area contributed by atoms with Gasteiger partial charge in [-0.15, -0.1) is 0 Å². The summed E-state index contributed by atoms with van der Waals surface area (Å²) in [5.74, 6) is 0.295. The van der Waals surface area contributed by atoms with Crippen LogP contribution in [0.3, 0.4) is 0 Å². The number of hydrogen-bond acceptors (Lipinski definition) is 1. The minimum atomic E-state index is -0.363. The van der Waals surface area contributed by atoms with Crippen LogP contribution in [0.15, 0.2) is 29.5 Å². The van der Waals surface area contributed by atoms with E-state index in [0.717, 1.165) is 19.3 Å². The summed E-state index contributed by atoms with van der Waals surface area (Å²) in [6.45, 7) is 8.83. The zero-order valence-corrected chi connectivity index (χ0v) is 13.8. The average Bonchev–Trinajstić information content (AvgIpc) is 3.19. The molecule has 2 unspecified atom stereocenters. The molecule has 2 aliphatic rings. The molecule has 1 aliphatic heterocycles. The molecule has 3 atom stereocenters. The first-order valence-corrected chi connectivity index (χ1v) is 8.23. The van der Waals surface area contributed by atoms with E-state index in [-0.39, 0.29) is 23.1 Å². The second kappa shape index (κ2) is 5.36. The molecule has 22 heavy (non-hydrogen) atoms. The Morgan fingerprint density at radius 1 is 1.23 bits per heavy atom. The largest absolute Gasteiger partial charge is 0.381 e. The molecular formula is C19H25F2N. The summed E-state index contributed by atoms with van der Waals surface area (Å²) in [6, 6.07) is 3.70. The molecule has 0 spiro atoms. The highest BCUT2D eigenvalue weighted by atomic mass is 19.1. The predicted molar refractivity (Wildman–Crippen MR) is 85.2 cm³/mol. The molecule has 1 aliphatic carbocycles. The Morgan fingerprint density at radius 3 is 2.59 bits per heavy atom. The molecule has 0 bridgehead atoms. The summed E-state index contributed by atoms with van der Waals surface area (Å²) in [5, 5.41) is 3.56. The van der Waals surface area contributed by atoms with Crippen LogP contribution in [0.25, 0.3) is 0 Å². The molecule has 0 amide bonds. The highest BCUT2D eigenvalue weighted by Crippen LogP contribution is 2.57. The van der Waals surface area contributed by atoms with E-state index in [0.29, 0.717) is 17.4 Å². The lowest BCUT2D eigenvalue weighted by Gasteiger charge is -2.33. The minimum Gasteiger partial charge on any atom is -0.381 e. The molecular weight excluding hydrogens is 280 g/mol. The third-order valence-corrected chi connectivity index (χ3v) is 4.81.